The summed E-state index contributed by atoms with van der Waals surface area (Å²) in [6.45, 7) is 3.99. The molecule has 0 bridgehead atoms. The van der Waals surface area contributed by atoms with E-state index < -0.39 is 9.84 Å². The fourth-order valence-corrected chi connectivity index (χ4v) is 4.83. The molecule has 0 aliphatic carbocycles. The van der Waals surface area contributed by atoms with E-state index in [2.05, 4.69) is 33.5 Å². The molecule has 0 amide bonds. The van der Waals surface area contributed by atoms with Crippen LogP contribution in [0.5, 0.6) is 0 Å². The summed E-state index contributed by atoms with van der Waals surface area (Å²) in [6, 6.07) is 2.24. The molecule has 2 aromatic rings. The van der Waals surface area contributed by atoms with Crippen LogP contribution in [0.25, 0.3) is 0 Å². The third kappa shape index (κ3) is 3.11. The van der Waals surface area contributed by atoms with Gasteiger partial charge in [0, 0.05) is 17.7 Å². The van der Waals surface area contributed by atoms with Crippen molar-refractivity contribution >= 4 is 21.2 Å². The standard InChI is InChI=1S/C15H21N3O2S2/c1-11-6-8-21-13(11)10-18-7-4-3-5-12(18)15-14(9-16-17-15)22(2,19)20/h6,8-9,12H,3-5,7,10H2,1-2H3,(H,16,17)/t12-/m1/s1. The highest BCUT2D eigenvalue weighted by Gasteiger charge is 2.30. The first-order valence-corrected chi connectivity index (χ1v) is 10.2. The summed E-state index contributed by atoms with van der Waals surface area (Å²) in [4.78, 5) is 4.07. The third-order valence-corrected chi connectivity index (χ3v) is 6.43. The average molecular weight is 339 g/mol. The van der Waals surface area contributed by atoms with Gasteiger partial charge in [0.15, 0.2) is 9.84 Å². The Morgan fingerprint density at radius 2 is 2.27 bits per heavy atom. The number of aromatic nitrogens is 2. The molecule has 5 nitrogen and oxygen atoms in total. The maximum absolute atomic E-state index is 12.0. The van der Waals surface area contributed by atoms with Gasteiger partial charge < -0.3 is 0 Å². The van der Waals surface area contributed by atoms with Crippen LogP contribution in [0.1, 0.15) is 41.4 Å². The Hall–Kier alpha value is -1.18. The highest BCUT2D eigenvalue weighted by molar-refractivity contribution is 7.90. The van der Waals surface area contributed by atoms with Gasteiger partial charge in [0.2, 0.25) is 0 Å². The Morgan fingerprint density at radius 1 is 1.45 bits per heavy atom. The molecule has 1 saturated heterocycles. The Balaban J connectivity index is 1.90. The molecule has 0 spiro atoms. The van der Waals surface area contributed by atoms with Gasteiger partial charge in [-0.3, -0.25) is 10.00 Å². The first-order valence-electron chi connectivity index (χ1n) is 7.47. The normalized spacial score (nSPS) is 20.4. The molecule has 1 aliphatic rings. The average Bonchev–Trinajstić information content (AvgIpc) is 3.09. The van der Waals surface area contributed by atoms with Crippen LogP contribution in [-0.2, 0) is 16.4 Å². The van der Waals surface area contributed by atoms with Crippen molar-refractivity contribution < 1.29 is 8.42 Å². The van der Waals surface area contributed by atoms with Crippen LogP contribution in [0, 0.1) is 6.92 Å². The summed E-state index contributed by atoms with van der Waals surface area (Å²) in [5, 5.41) is 9.04. The van der Waals surface area contributed by atoms with E-state index in [4.69, 9.17) is 0 Å². The summed E-state index contributed by atoms with van der Waals surface area (Å²) < 4.78 is 23.9. The Bertz CT molecular complexity index is 748. The van der Waals surface area contributed by atoms with E-state index in [0.717, 1.165) is 38.0 Å². The van der Waals surface area contributed by atoms with E-state index in [9.17, 15) is 8.42 Å². The van der Waals surface area contributed by atoms with Crippen molar-refractivity contribution in [1.29, 1.82) is 0 Å². The van der Waals surface area contributed by atoms with E-state index in [1.54, 1.807) is 11.3 Å². The quantitative estimate of drug-likeness (QED) is 0.930. The van der Waals surface area contributed by atoms with Crippen molar-refractivity contribution in [3.05, 3.63) is 33.8 Å². The number of nitrogens with one attached hydrogen (secondary N) is 1. The summed E-state index contributed by atoms with van der Waals surface area (Å²) in [6.07, 6.45) is 5.93. The minimum absolute atomic E-state index is 0.0995. The van der Waals surface area contributed by atoms with Gasteiger partial charge in [-0.1, -0.05) is 6.42 Å². The monoisotopic (exact) mass is 339 g/mol. The molecule has 3 heterocycles. The van der Waals surface area contributed by atoms with E-state index in [1.807, 2.05) is 0 Å². The maximum Gasteiger partial charge on any atom is 0.178 e. The molecule has 0 unspecified atom stereocenters. The predicted octanol–water partition coefficient (Wildman–Crippen LogP) is 2.91. The maximum atomic E-state index is 12.0. The molecule has 0 aromatic carbocycles. The fraction of sp³-hybridized carbons (Fsp3) is 0.533. The van der Waals surface area contributed by atoms with Gasteiger partial charge in [0.25, 0.3) is 0 Å². The summed E-state index contributed by atoms with van der Waals surface area (Å²) in [7, 11) is -3.25. The van der Waals surface area contributed by atoms with Crippen LogP contribution >= 0.6 is 11.3 Å². The number of hydrogen-bond acceptors (Lipinski definition) is 5. The molecule has 3 rings (SSSR count). The van der Waals surface area contributed by atoms with E-state index >= 15 is 0 Å². The number of H-pyrrole nitrogens is 1. The Labute approximate surface area is 135 Å². The van der Waals surface area contributed by atoms with Gasteiger partial charge in [0.05, 0.1) is 17.9 Å². The second-order valence-corrected chi connectivity index (χ2v) is 8.91. The minimum atomic E-state index is -3.25. The Kier molecular flexibility index (Phi) is 4.38. The second-order valence-electron chi connectivity index (χ2n) is 5.93. The summed E-state index contributed by atoms with van der Waals surface area (Å²) >= 11 is 1.77. The van der Waals surface area contributed by atoms with E-state index in [-0.39, 0.29) is 6.04 Å². The lowest BCUT2D eigenvalue weighted by Crippen LogP contribution is -2.33. The number of nitrogens with zero attached hydrogens (tertiary/aromatic N) is 2. The number of aryl methyl sites for hydroxylation is 1. The number of rotatable bonds is 4. The van der Waals surface area contributed by atoms with Gasteiger partial charge >= 0.3 is 0 Å². The molecule has 0 saturated carbocycles. The number of aromatic amines is 1. The number of likely N-dealkylation sites (tertiary alicyclic amines) is 1. The van der Waals surface area contributed by atoms with Gasteiger partial charge in [0.1, 0.15) is 4.90 Å². The van der Waals surface area contributed by atoms with Crippen molar-refractivity contribution in [2.24, 2.45) is 0 Å². The molecule has 22 heavy (non-hydrogen) atoms. The van der Waals surface area contributed by atoms with Crippen molar-refractivity contribution in [3.8, 4) is 0 Å². The molecule has 1 aliphatic heterocycles. The predicted molar refractivity (Wildman–Crippen MR) is 87.8 cm³/mol. The molecule has 7 heteroatoms. The van der Waals surface area contributed by atoms with Gasteiger partial charge in [-0.2, -0.15) is 5.10 Å². The highest BCUT2D eigenvalue weighted by Crippen LogP contribution is 2.35. The van der Waals surface area contributed by atoms with Crippen LogP contribution in [0.15, 0.2) is 22.5 Å². The second kappa shape index (κ2) is 6.14. The molecule has 120 valence electrons. The largest absolute Gasteiger partial charge is 0.290 e. The molecule has 2 aromatic heterocycles. The van der Waals surface area contributed by atoms with E-state index in [0.29, 0.717) is 4.90 Å². The summed E-state index contributed by atoms with van der Waals surface area (Å²) in [5.41, 5.74) is 2.05. The van der Waals surface area contributed by atoms with Crippen molar-refractivity contribution in [2.45, 2.75) is 43.7 Å². The van der Waals surface area contributed by atoms with Crippen LogP contribution in [-0.4, -0.2) is 36.3 Å². The SMILES string of the molecule is Cc1ccsc1CN1CCCC[C@@H]1c1[nH]ncc1S(C)(=O)=O. The Morgan fingerprint density at radius 3 is 2.95 bits per heavy atom. The number of piperidine rings is 1. The van der Waals surface area contributed by atoms with Gasteiger partial charge in [-0.15, -0.1) is 11.3 Å². The topological polar surface area (TPSA) is 66.1 Å². The first kappa shape index (κ1) is 15.7. The number of thiophene rings is 1. The van der Waals surface area contributed by atoms with Gasteiger partial charge in [-0.05, 0) is 43.3 Å². The third-order valence-electron chi connectivity index (χ3n) is 4.29. The van der Waals surface area contributed by atoms with Gasteiger partial charge in [-0.25, -0.2) is 8.42 Å². The van der Waals surface area contributed by atoms with Crippen LogP contribution < -0.4 is 0 Å². The lowest BCUT2D eigenvalue weighted by Gasteiger charge is -2.35. The molecular weight excluding hydrogens is 318 g/mol. The smallest absolute Gasteiger partial charge is 0.178 e. The molecule has 1 atom stereocenters. The lowest BCUT2D eigenvalue weighted by atomic mass is 9.99. The van der Waals surface area contributed by atoms with Crippen LogP contribution in [0.4, 0.5) is 0 Å². The van der Waals surface area contributed by atoms with E-state index in [1.165, 1.54) is 22.9 Å². The first-order chi connectivity index (χ1) is 10.5. The molecular formula is C15H21N3O2S2. The minimum Gasteiger partial charge on any atom is -0.290 e. The van der Waals surface area contributed by atoms with Crippen molar-refractivity contribution in [2.75, 3.05) is 12.8 Å². The molecule has 0 radical (unpaired) electrons. The summed E-state index contributed by atoms with van der Waals surface area (Å²) in [5.74, 6) is 0. The van der Waals surface area contributed by atoms with Crippen LogP contribution in [0.2, 0.25) is 0 Å². The number of hydrogen-bond donors (Lipinski definition) is 1. The fourth-order valence-electron chi connectivity index (χ4n) is 3.08. The number of sulfone groups is 1. The zero-order valence-electron chi connectivity index (χ0n) is 12.9. The zero-order chi connectivity index (χ0) is 15.7. The zero-order valence-corrected chi connectivity index (χ0v) is 14.5. The molecule has 1 N–H and O–H groups in total. The lowest BCUT2D eigenvalue weighted by molar-refractivity contribution is 0.136. The van der Waals surface area contributed by atoms with Crippen molar-refractivity contribution in [3.63, 3.8) is 0 Å². The van der Waals surface area contributed by atoms with Crippen molar-refractivity contribution in [1.82, 2.24) is 15.1 Å². The molecule has 1 fully saturated rings. The van der Waals surface area contributed by atoms with Crippen LogP contribution in [0.3, 0.4) is 0 Å². The highest BCUT2D eigenvalue weighted by atomic mass is 32.2.